The third-order valence-electron chi connectivity index (χ3n) is 3.16. The average molecular weight is 354 g/mol. The molecule has 2 N–H and O–H groups in total. The Morgan fingerprint density at radius 2 is 2.05 bits per heavy atom. The van der Waals surface area contributed by atoms with Crippen molar-refractivity contribution < 1.29 is 9.53 Å². The molecule has 4 nitrogen and oxygen atoms in total. The first-order valence-corrected chi connectivity index (χ1v) is 7.44. The fraction of sp³-hybridized carbons (Fsp3) is 0.500. The lowest BCUT2D eigenvalue weighted by atomic mass is 10.1. The van der Waals surface area contributed by atoms with Crippen molar-refractivity contribution in [2.75, 3.05) is 13.1 Å². The van der Waals surface area contributed by atoms with Crippen LogP contribution in [-0.2, 0) is 4.79 Å². The van der Waals surface area contributed by atoms with E-state index in [1.807, 2.05) is 0 Å². The molecule has 7 heteroatoms. The van der Waals surface area contributed by atoms with Crippen LogP contribution < -0.4 is 15.4 Å². The van der Waals surface area contributed by atoms with Crippen molar-refractivity contribution in [3.63, 3.8) is 0 Å². The summed E-state index contributed by atoms with van der Waals surface area (Å²) in [6.45, 7) is 3.53. The Kier molecular flexibility index (Phi) is 7.60. The van der Waals surface area contributed by atoms with Crippen molar-refractivity contribution in [1.29, 1.82) is 0 Å². The summed E-state index contributed by atoms with van der Waals surface area (Å²) in [6, 6.07) is 5.07. The molecular formula is C14H19Cl3N2O2. The van der Waals surface area contributed by atoms with Crippen molar-refractivity contribution in [2.45, 2.75) is 31.9 Å². The molecule has 0 aliphatic carbocycles. The van der Waals surface area contributed by atoms with Crippen molar-refractivity contribution in [3.8, 4) is 5.75 Å². The van der Waals surface area contributed by atoms with Gasteiger partial charge in [0.2, 0.25) is 0 Å². The van der Waals surface area contributed by atoms with Gasteiger partial charge in [-0.05, 0) is 44.5 Å². The molecule has 118 valence electrons. The number of hydrogen-bond donors (Lipinski definition) is 2. The number of ether oxygens (including phenoxy) is 1. The average Bonchev–Trinajstić information content (AvgIpc) is 2.38. The summed E-state index contributed by atoms with van der Waals surface area (Å²) in [4.78, 5) is 12.1. The molecule has 0 radical (unpaired) electrons. The highest BCUT2D eigenvalue weighted by atomic mass is 35.5. The van der Waals surface area contributed by atoms with Crippen LogP contribution in [0.3, 0.4) is 0 Å². The van der Waals surface area contributed by atoms with Crippen molar-refractivity contribution in [2.24, 2.45) is 0 Å². The van der Waals surface area contributed by atoms with Gasteiger partial charge in [0.25, 0.3) is 5.91 Å². The van der Waals surface area contributed by atoms with E-state index in [0.29, 0.717) is 15.8 Å². The maximum absolute atomic E-state index is 12.1. The minimum atomic E-state index is -0.591. The van der Waals surface area contributed by atoms with Crippen LogP contribution in [0, 0.1) is 0 Å². The van der Waals surface area contributed by atoms with E-state index in [1.54, 1.807) is 25.1 Å². The van der Waals surface area contributed by atoms with Crippen LogP contribution in [0.4, 0.5) is 0 Å². The molecule has 0 spiro atoms. The number of benzene rings is 1. The Bertz CT molecular complexity index is 459. The number of nitrogens with one attached hydrogen (secondary N) is 2. The number of carbonyl (C=O) groups excluding carboxylic acids is 1. The summed E-state index contributed by atoms with van der Waals surface area (Å²) in [6.07, 6.45) is 1.48. The topological polar surface area (TPSA) is 50.4 Å². The summed E-state index contributed by atoms with van der Waals surface area (Å²) >= 11 is 11.8. The van der Waals surface area contributed by atoms with Gasteiger partial charge in [-0.25, -0.2) is 0 Å². The molecule has 21 heavy (non-hydrogen) atoms. The van der Waals surface area contributed by atoms with E-state index in [0.717, 1.165) is 25.9 Å². The SMILES string of the molecule is CC(Oc1cc(Cl)cc(Cl)c1)C(=O)N[C@H]1CCCNC1.Cl. The number of halogens is 3. The summed E-state index contributed by atoms with van der Waals surface area (Å²) in [5, 5.41) is 7.19. The Balaban J connectivity index is 0.00000220. The predicted octanol–water partition coefficient (Wildman–Crippen LogP) is 3.05. The first kappa shape index (κ1) is 18.4. The van der Waals surface area contributed by atoms with Gasteiger partial charge in [-0.1, -0.05) is 23.2 Å². The lowest BCUT2D eigenvalue weighted by Gasteiger charge is -2.25. The molecule has 0 saturated carbocycles. The first-order chi connectivity index (χ1) is 9.54. The highest BCUT2D eigenvalue weighted by Gasteiger charge is 2.20. The van der Waals surface area contributed by atoms with E-state index in [1.165, 1.54) is 0 Å². The van der Waals surface area contributed by atoms with Gasteiger partial charge in [0.15, 0.2) is 6.10 Å². The van der Waals surface area contributed by atoms with Gasteiger partial charge in [-0.3, -0.25) is 4.79 Å². The highest BCUT2D eigenvalue weighted by molar-refractivity contribution is 6.34. The zero-order chi connectivity index (χ0) is 14.5. The molecule has 1 fully saturated rings. The minimum Gasteiger partial charge on any atom is -0.481 e. The highest BCUT2D eigenvalue weighted by Crippen LogP contribution is 2.24. The normalized spacial score (nSPS) is 19.3. The molecule has 1 heterocycles. The van der Waals surface area contributed by atoms with E-state index in [9.17, 15) is 4.79 Å². The molecule has 1 saturated heterocycles. The monoisotopic (exact) mass is 352 g/mol. The zero-order valence-electron chi connectivity index (χ0n) is 11.7. The standard InChI is InChI=1S/C14H18Cl2N2O2.ClH/c1-9(14(19)18-12-3-2-4-17-8-12)20-13-6-10(15)5-11(16)7-13;/h5-7,9,12,17H,2-4,8H2,1H3,(H,18,19);1H/t9?,12-;/m0./s1. The first-order valence-electron chi connectivity index (χ1n) is 6.68. The molecule has 1 amide bonds. The summed E-state index contributed by atoms with van der Waals surface area (Å²) < 4.78 is 5.58. The summed E-state index contributed by atoms with van der Waals surface area (Å²) in [5.74, 6) is 0.363. The quantitative estimate of drug-likeness (QED) is 0.874. The van der Waals surface area contributed by atoms with Gasteiger partial charge in [0, 0.05) is 22.6 Å². The molecule has 1 unspecified atom stereocenters. The Hall–Kier alpha value is -0.680. The summed E-state index contributed by atoms with van der Waals surface area (Å²) in [5.41, 5.74) is 0. The van der Waals surface area contributed by atoms with Crippen LogP contribution >= 0.6 is 35.6 Å². The number of amides is 1. The van der Waals surface area contributed by atoms with Crippen LogP contribution in [0.2, 0.25) is 10.0 Å². The van der Waals surface area contributed by atoms with E-state index in [4.69, 9.17) is 27.9 Å². The fourth-order valence-corrected chi connectivity index (χ4v) is 2.65. The van der Waals surface area contributed by atoms with Crippen LogP contribution in [0.15, 0.2) is 18.2 Å². The van der Waals surface area contributed by atoms with E-state index < -0.39 is 6.10 Å². The summed E-state index contributed by atoms with van der Waals surface area (Å²) in [7, 11) is 0. The lowest BCUT2D eigenvalue weighted by Crippen LogP contribution is -2.49. The van der Waals surface area contributed by atoms with Gasteiger partial charge >= 0.3 is 0 Å². The van der Waals surface area contributed by atoms with Gasteiger partial charge in [0.1, 0.15) is 5.75 Å². The second-order valence-corrected chi connectivity index (χ2v) is 5.79. The van der Waals surface area contributed by atoms with Crippen LogP contribution in [0.1, 0.15) is 19.8 Å². The number of rotatable bonds is 4. The van der Waals surface area contributed by atoms with Crippen molar-refractivity contribution >= 4 is 41.5 Å². The third-order valence-corrected chi connectivity index (χ3v) is 3.60. The Morgan fingerprint density at radius 1 is 1.38 bits per heavy atom. The maximum atomic E-state index is 12.1. The van der Waals surface area contributed by atoms with Gasteiger partial charge < -0.3 is 15.4 Å². The fourth-order valence-electron chi connectivity index (χ4n) is 2.15. The van der Waals surface area contributed by atoms with Gasteiger partial charge in [0.05, 0.1) is 0 Å². The Morgan fingerprint density at radius 3 is 2.62 bits per heavy atom. The smallest absolute Gasteiger partial charge is 0.261 e. The van der Waals surface area contributed by atoms with Crippen LogP contribution in [-0.4, -0.2) is 31.1 Å². The molecule has 0 aromatic heterocycles. The minimum absolute atomic E-state index is 0. The third kappa shape index (κ3) is 5.91. The number of piperidine rings is 1. The molecule has 1 aromatic carbocycles. The van der Waals surface area contributed by atoms with E-state index >= 15 is 0 Å². The molecule has 0 bridgehead atoms. The van der Waals surface area contributed by atoms with E-state index in [2.05, 4.69) is 10.6 Å². The molecular weight excluding hydrogens is 335 g/mol. The van der Waals surface area contributed by atoms with Crippen molar-refractivity contribution in [1.82, 2.24) is 10.6 Å². The Labute approximate surface area is 140 Å². The molecule has 2 rings (SSSR count). The van der Waals surface area contributed by atoms with Gasteiger partial charge in [-0.15, -0.1) is 12.4 Å². The van der Waals surface area contributed by atoms with Crippen LogP contribution in [0.25, 0.3) is 0 Å². The second kappa shape index (κ2) is 8.69. The largest absolute Gasteiger partial charge is 0.481 e. The lowest BCUT2D eigenvalue weighted by molar-refractivity contribution is -0.128. The number of hydrogen-bond acceptors (Lipinski definition) is 3. The zero-order valence-corrected chi connectivity index (χ0v) is 14.0. The number of carbonyl (C=O) groups is 1. The van der Waals surface area contributed by atoms with Crippen LogP contribution in [0.5, 0.6) is 5.75 Å². The maximum Gasteiger partial charge on any atom is 0.261 e. The molecule has 1 aliphatic heterocycles. The molecule has 1 aliphatic rings. The predicted molar refractivity (Wildman–Crippen MR) is 87.8 cm³/mol. The van der Waals surface area contributed by atoms with E-state index in [-0.39, 0.29) is 24.4 Å². The molecule has 1 aromatic rings. The molecule has 2 atom stereocenters. The second-order valence-electron chi connectivity index (χ2n) is 4.92. The van der Waals surface area contributed by atoms with Gasteiger partial charge in [-0.2, -0.15) is 0 Å². The van der Waals surface area contributed by atoms with Crippen molar-refractivity contribution in [3.05, 3.63) is 28.2 Å².